The average Bonchev–Trinajstić information content (AvgIpc) is 2.80. The van der Waals surface area contributed by atoms with Crippen molar-refractivity contribution in [3.05, 3.63) is 0 Å². The van der Waals surface area contributed by atoms with Crippen LogP contribution in [0.25, 0.3) is 0 Å². The van der Waals surface area contributed by atoms with Gasteiger partial charge in [0.05, 0.1) is 5.92 Å². The van der Waals surface area contributed by atoms with Gasteiger partial charge in [-0.2, -0.15) is 0 Å². The summed E-state index contributed by atoms with van der Waals surface area (Å²) >= 11 is 0. The van der Waals surface area contributed by atoms with Crippen LogP contribution in [0.3, 0.4) is 0 Å². The lowest BCUT2D eigenvalue weighted by molar-refractivity contribution is -0.190. The summed E-state index contributed by atoms with van der Waals surface area (Å²) in [5.41, 5.74) is 0. The van der Waals surface area contributed by atoms with Crippen LogP contribution >= 0.6 is 0 Å². The molecule has 1 fully saturated rings. The molecule has 1 unspecified atom stereocenters. The number of rotatable bonds is 23. The monoisotopic (exact) mass is 467 g/mol. The van der Waals surface area contributed by atoms with Crippen molar-refractivity contribution >= 4 is 18.3 Å². The van der Waals surface area contributed by atoms with Crippen LogP contribution in [0.1, 0.15) is 129 Å². The van der Waals surface area contributed by atoms with E-state index in [-0.39, 0.29) is 30.6 Å². The van der Waals surface area contributed by atoms with Crippen molar-refractivity contribution in [1.82, 2.24) is 5.32 Å². The number of ether oxygens (including phenoxy) is 2. The maximum absolute atomic E-state index is 12.0. The third-order valence-corrected chi connectivity index (χ3v) is 6.64. The van der Waals surface area contributed by atoms with Gasteiger partial charge in [0.2, 0.25) is 6.41 Å². The van der Waals surface area contributed by atoms with Crippen molar-refractivity contribution in [2.45, 2.75) is 142 Å². The van der Waals surface area contributed by atoms with Crippen LogP contribution in [0.15, 0.2) is 0 Å². The Labute approximate surface area is 201 Å². The number of nitrogens with one attached hydrogen (secondary N) is 1. The third kappa shape index (κ3) is 14.3. The second kappa shape index (κ2) is 19.8. The third-order valence-electron chi connectivity index (χ3n) is 6.64. The van der Waals surface area contributed by atoms with E-state index in [4.69, 9.17) is 9.47 Å². The van der Waals surface area contributed by atoms with E-state index in [0.29, 0.717) is 12.8 Å². The summed E-state index contributed by atoms with van der Waals surface area (Å²) in [5.74, 6) is -0.604. The zero-order valence-corrected chi connectivity index (χ0v) is 21.3. The molecule has 192 valence electrons. The van der Waals surface area contributed by atoms with Gasteiger partial charge in [-0.25, -0.2) is 0 Å². The van der Waals surface area contributed by atoms with E-state index < -0.39 is 5.97 Å². The summed E-state index contributed by atoms with van der Waals surface area (Å²) in [6.45, 7) is 4.30. The van der Waals surface area contributed by atoms with Gasteiger partial charge in [0.1, 0.15) is 18.8 Å². The summed E-state index contributed by atoms with van der Waals surface area (Å²) in [6.07, 6.45) is 20.8. The van der Waals surface area contributed by atoms with E-state index in [1.807, 2.05) is 0 Å². The Morgan fingerprint density at radius 1 is 0.909 bits per heavy atom. The molecule has 0 spiro atoms. The SMILES string of the molecule is CCCCCCCCCCCCC[C@H](CC1OC(=O)[C@@H]1CCCCCC)OC(=O)CNC=O. The summed E-state index contributed by atoms with van der Waals surface area (Å²) in [7, 11) is 0. The molecule has 1 N–H and O–H groups in total. The highest BCUT2D eigenvalue weighted by molar-refractivity contribution is 5.78. The molecule has 1 aliphatic heterocycles. The van der Waals surface area contributed by atoms with Crippen molar-refractivity contribution < 1.29 is 23.9 Å². The molecule has 3 atom stereocenters. The van der Waals surface area contributed by atoms with Gasteiger partial charge in [-0.15, -0.1) is 0 Å². The first kappa shape index (κ1) is 29.4. The van der Waals surface area contributed by atoms with Crippen molar-refractivity contribution in [2.24, 2.45) is 5.92 Å². The number of carbonyl (C=O) groups excluding carboxylic acids is 3. The standard InChI is InChI=1S/C27H49NO5/c1-3-5-7-9-10-11-12-13-14-15-16-18-23(32-26(30)21-28-22-29)20-25-24(27(31)33-25)19-17-8-6-4-2/h22-25H,3-21H2,1-2H3,(H,28,29)/t23-,24-,25?/m1/s1. The van der Waals surface area contributed by atoms with Gasteiger partial charge < -0.3 is 14.8 Å². The second-order valence-electron chi connectivity index (χ2n) is 9.60. The number of esters is 2. The van der Waals surface area contributed by atoms with Crippen LogP contribution in [0.5, 0.6) is 0 Å². The van der Waals surface area contributed by atoms with Gasteiger partial charge in [-0.3, -0.25) is 14.4 Å². The normalized spacial score (nSPS) is 18.3. The summed E-state index contributed by atoms with van der Waals surface area (Å²) in [6, 6.07) is 0. The van der Waals surface area contributed by atoms with E-state index in [1.54, 1.807) is 0 Å². The predicted octanol–water partition coefficient (Wildman–Crippen LogP) is 6.25. The highest BCUT2D eigenvalue weighted by atomic mass is 16.6. The van der Waals surface area contributed by atoms with Crippen molar-refractivity contribution in [2.75, 3.05) is 6.54 Å². The maximum Gasteiger partial charge on any atom is 0.325 e. The highest BCUT2D eigenvalue weighted by Crippen LogP contribution is 2.32. The Kier molecular flexibility index (Phi) is 17.7. The lowest BCUT2D eigenvalue weighted by Gasteiger charge is -2.37. The Morgan fingerprint density at radius 3 is 2.00 bits per heavy atom. The topological polar surface area (TPSA) is 81.7 Å². The Bertz CT molecular complexity index is 525. The smallest absolute Gasteiger partial charge is 0.325 e. The number of hydrogen-bond acceptors (Lipinski definition) is 5. The molecule has 0 aromatic heterocycles. The second-order valence-corrected chi connectivity index (χ2v) is 9.60. The minimum atomic E-state index is -0.430. The molecule has 1 amide bonds. The number of hydrogen-bond donors (Lipinski definition) is 1. The summed E-state index contributed by atoms with van der Waals surface area (Å²) in [5, 5.41) is 2.36. The molecule has 0 aromatic carbocycles. The zero-order chi connectivity index (χ0) is 24.2. The summed E-state index contributed by atoms with van der Waals surface area (Å²) < 4.78 is 11.0. The minimum absolute atomic E-state index is 0.0616. The van der Waals surface area contributed by atoms with E-state index in [9.17, 15) is 14.4 Å². The number of amides is 1. The molecule has 33 heavy (non-hydrogen) atoms. The largest absolute Gasteiger partial charge is 0.461 e. The van der Waals surface area contributed by atoms with Gasteiger partial charge in [0.15, 0.2) is 0 Å². The van der Waals surface area contributed by atoms with E-state index in [2.05, 4.69) is 19.2 Å². The van der Waals surface area contributed by atoms with Gasteiger partial charge >= 0.3 is 11.9 Å². The Morgan fingerprint density at radius 2 is 1.45 bits per heavy atom. The first-order chi connectivity index (χ1) is 16.1. The molecule has 6 nitrogen and oxygen atoms in total. The highest BCUT2D eigenvalue weighted by Gasteiger charge is 2.43. The molecule has 1 rings (SSSR count). The number of carbonyl (C=O) groups is 3. The molecular formula is C27H49NO5. The lowest BCUT2D eigenvalue weighted by atomic mass is 9.86. The van der Waals surface area contributed by atoms with Crippen LogP contribution < -0.4 is 5.32 Å². The predicted molar refractivity (Wildman–Crippen MR) is 132 cm³/mol. The van der Waals surface area contributed by atoms with Crippen molar-refractivity contribution in [3.8, 4) is 0 Å². The number of cyclic esters (lactones) is 1. The minimum Gasteiger partial charge on any atom is -0.461 e. The maximum atomic E-state index is 12.0. The van der Waals surface area contributed by atoms with E-state index in [1.165, 1.54) is 70.6 Å². The quantitative estimate of drug-likeness (QED) is 0.109. The fraction of sp³-hybridized carbons (Fsp3) is 0.889. The van der Waals surface area contributed by atoms with Gasteiger partial charge in [0.25, 0.3) is 0 Å². The lowest BCUT2D eigenvalue weighted by Crippen LogP contribution is -2.47. The molecule has 0 aromatic rings. The first-order valence-corrected chi connectivity index (χ1v) is 13.7. The molecular weight excluding hydrogens is 418 g/mol. The molecule has 0 aliphatic carbocycles. The fourth-order valence-corrected chi connectivity index (χ4v) is 4.58. The van der Waals surface area contributed by atoms with Crippen LogP contribution in [-0.2, 0) is 23.9 Å². The van der Waals surface area contributed by atoms with E-state index >= 15 is 0 Å². The fourth-order valence-electron chi connectivity index (χ4n) is 4.58. The van der Waals surface area contributed by atoms with E-state index in [0.717, 1.165) is 38.5 Å². The molecule has 1 heterocycles. The van der Waals surface area contributed by atoms with Gasteiger partial charge in [0, 0.05) is 6.42 Å². The Hall–Kier alpha value is -1.59. The van der Waals surface area contributed by atoms with Crippen LogP contribution in [0, 0.1) is 5.92 Å². The zero-order valence-electron chi connectivity index (χ0n) is 21.3. The number of unbranched alkanes of at least 4 members (excludes halogenated alkanes) is 13. The van der Waals surface area contributed by atoms with Gasteiger partial charge in [-0.05, 0) is 19.3 Å². The molecule has 0 saturated carbocycles. The van der Waals surface area contributed by atoms with Gasteiger partial charge in [-0.1, -0.05) is 104 Å². The van der Waals surface area contributed by atoms with Crippen LogP contribution in [0.2, 0.25) is 0 Å². The van der Waals surface area contributed by atoms with Crippen LogP contribution in [0.4, 0.5) is 0 Å². The molecule has 0 radical (unpaired) electrons. The Balaban J connectivity index is 2.30. The van der Waals surface area contributed by atoms with Crippen molar-refractivity contribution in [1.29, 1.82) is 0 Å². The van der Waals surface area contributed by atoms with Crippen LogP contribution in [-0.4, -0.2) is 37.1 Å². The molecule has 6 heteroatoms. The first-order valence-electron chi connectivity index (χ1n) is 13.7. The van der Waals surface area contributed by atoms with Crippen molar-refractivity contribution in [3.63, 3.8) is 0 Å². The molecule has 0 bridgehead atoms. The summed E-state index contributed by atoms with van der Waals surface area (Å²) in [4.78, 5) is 34.4. The molecule has 1 aliphatic rings. The average molecular weight is 468 g/mol. The molecule has 1 saturated heterocycles.